The third-order valence-electron chi connectivity index (χ3n) is 2.80. The summed E-state index contributed by atoms with van der Waals surface area (Å²) in [7, 11) is 0. The third kappa shape index (κ3) is 2.96. The monoisotopic (exact) mass is 250 g/mol. The highest BCUT2D eigenvalue weighted by Crippen LogP contribution is 2.24. The number of nitrogens with one attached hydrogen (secondary N) is 1. The molecule has 2 unspecified atom stereocenters. The van der Waals surface area contributed by atoms with E-state index >= 15 is 0 Å². The molecule has 2 atom stereocenters. The molecule has 0 spiro atoms. The summed E-state index contributed by atoms with van der Waals surface area (Å²) in [5.74, 6) is 1.94. The number of thiazole rings is 1. The summed E-state index contributed by atoms with van der Waals surface area (Å²) in [4.78, 5) is 4.36. The van der Waals surface area contributed by atoms with Crippen molar-refractivity contribution in [2.45, 2.75) is 39.3 Å². The molecule has 0 aliphatic rings. The standard InChI is InChI=1S/C13H18N2OS/c1-4-11(13-14-7-8-17-13)15-10(3)12-6-5-9(2)16-12/h5-8,10-11,15H,4H2,1-3H3. The van der Waals surface area contributed by atoms with Crippen molar-refractivity contribution in [3.05, 3.63) is 40.2 Å². The van der Waals surface area contributed by atoms with Crippen molar-refractivity contribution in [3.63, 3.8) is 0 Å². The Labute approximate surface area is 106 Å². The van der Waals surface area contributed by atoms with Gasteiger partial charge in [0.15, 0.2) is 0 Å². The van der Waals surface area contributed by atoms with Crippen LogP contribution in [0.15, 0.2) is 28.1 Å². The largest absolute Gasteiger partial charge is 0.465 e. The minimum absolute atomic E-state index is 0.206. The Hall–Kier alpha value is -1.13. The smallest absolute Gasteiger partial charge is 0.120 e. The van der Waals surface area contributed by atoms with Crippen molar-refractivity contribution < 1.29 is 4.42 Å². The molecular weight excluding hydrogens is 232 g/mol. The highest BCUT2D eigenvalue weighted by Gasteiger charge is 2.17. The topological polar surface area (TPSA) is 38.1 Å². The summed E-state index contributed by atoms with van der Waals surface area (Å²) in [6.07, 6.45) is 2.88. The lowest BCUT2D eigenvalue weighted by molar-refractivity contribution is 0.378. The molecule has 4 heteroatoms. The van der Waals surface area contributed by atoms with E-state index < -0.39 is 0 Å². The highest BCUT2D eigenvalue weighted by atomic mass is 32.1. The molecule has 2 rings (SSSR count). The van der Waals surface area contributed by atoms with Gasteiger partial charge in [-0.15, -0.1) is 11.3 Å². The van der Waals surface area contributed by atoms with Gasteiger partial charge in [-0.1, -0.05) is 6.92 Å². The van der Waals surface area contributed by atoms with Gasteiger partial charge in [0, 0.05) is 11.6 Å². The van der Waals surface area contributed by atoms with Crippen molar-refractivity contribution in [2.75, 3.05) is 0 Å². The van der Waals surface area contributed by atoms with E-state index in [-0.39, 0.29) is 6.04 Å². The Balaban J connectivity index is 2.04. The van der Waals surface area contributed by atoms with Crippen LogP contribution < -0.4 is 5.32 Å². The molecular formula is C13H18N2OS. The fourth-order valence-electron chi connectivity index (χ4n) is 1.84. The Bertz CT molecular complexity index is 450. The van der Waals surface area contributed by atoms with Gasteiger partial charge in [0.2, 0.25) is 0 Å². The maximum atomic E-state index is 5.63. The zero-order valence-corrected chi connectivity index (χ0v) is 11.3. The van der Waals surface area contributed by atoms with Crippen LogP contribution in [0.5, 0.6) is 0 Å². The Morgan fingerprint density at radius 3 is 2.82 bits per heavy atom. The Morgan fingerprint density at radius 2 is 2.29 bits per heavy atom. The Kier molecular flexibility index (Phi) is 3.97. The summed E-state index contributed by atoms with van der Waals surface area (Å²) >= 11 is 1.69. The number of rotatable bonds is 5. The van der Waals surface area contributed by atoms with Crippen LogP contribution in [0.25, 0.3) is 0 Å². The maximum absolute atomic E-state index is 5.63. The molecule has 0 aliphatic carbocycles. The summed E-state index contributed by atoms with van der Waals surface area (Å²) in [5.41, 5.74) is 0. The van der Waals surface area contributed by atoms with Crippen LogP contribution in [0.1, 0.15) is 48.9 Å². The average Bonchev–Trinajstić information content (AvgIpc) is 2.96. The molecule has 0 amide bonds. The Morgan fingerprint density at radius 1 is 1.47 bits per heavy atom. The number of nitrogens with zero attached hydrogens (tertiary/aromatic N) is 1. The molecule has 1 N–H and O–H groups in total. The van der Waals surface area contributed by atoms with Crippen LogP contribution in [-0.2, 0) is 0 Å². The van der Waals surface area contributed by atoms with Crippen LogP contribution in [0.4, 0.5) is 0 Å². The van der Waals surface area contributed by atoms with E-state index in [0.717, 1.165) is 22.9 Å². The van der Waals surface area contributed by atoms with Gasteiger partial charge < -0.3 is 4.42 Å². The molecule has 0 aromatic carbocycles. The summed E-state index contributed by atoms with van der Waals surface area (Å²) < 4.78 is 5.63. The van der Waals surface area contributed by atoms with Crippen LogP contribution in [-0.4, -0.2) is 4.98 Å². The van der Waals surface area contributed by atoms with Gasteiger partial charge in [0.25, 0.3) is 0 Å². The fraction of sp³-hybridized carbons (Fsp3) is 0.462. The van der Waals surface area contributed by atoms with E-state index in [4.69, 9.17) is 4.42 Å². The number of furan rings is 1. The van der Waals surface area contributed by atoms with Crippen molar-refractivity contribution >= 4 is 11.3 Å². The normalized spacial score (nSPS) is 14.8. The molecule has 3 nitrogen and oxygen atoms in total. The first kappa shape index (κ1) is 12.3. The van der Waals surface area contributed by atoms with Crippen LogP contribution >= 0.6 is 11.3 Å². The van der Waals surface area contributed by atoms with Crippen molar-refractivity contribution in [2.24, 2.45) is 0 Å². The van der Waals surface area contributed by atoms with Gasteiger partial charge in [-0.05, 0) is 32.4 Å². The number of aryl methyl sites for hydroxylation is 1. The van der Waals surface area contributed by atoms with Crippen LogP contribution in [0, 0.1) is 6.92 Å². The number of hydrogen-bond donors (Lipinski definition) is 1. The van der Waals surface area contributed by atoms with Gasteiger partial charge in [-0.2, -0.15) is 0 Å². The first-order valence-electron chi connectivity index (χ1n) is 5.92. The van der Waals surface area contributed by atoms with E-state index in [0.29, 0.717) is 6.04 Å². The van der Waals surface area contributed by atoms with E-state index in [1.165, 1.54) is 0 Å². The summed E-state index contributed by atoms with van der Waals surface area (Å²) in [6.45, 7) is 6.25. The summed E-state index contributed by atoms with van der Waals surface area (Å²) in [6, 6.07) is 4.53. The van der Waals surface area contributed by atoms with Gasteiger partial charge in [-0.25, -0.2) is 4.98 Å². The second kappa shape index (κ2) is 5.47. The fourth-order valence-corrected chi connectivity index (χ4v) is 2.62. The van der Waals surface area contributed by atoms with Crippen LogP contribution in [0.2, 0.25) is 0 Å². The van der Waals surface area contributed by atoms with Crippen molar-refractivity contribution in [1.82, 2.24) is 10.3 Å². The van der Waals surface area contributed by atoms with Gasteiger partial charge in [-0.3, -0.25) is 5.32 Å². The quantitative estimate of drug-likeness (QED) is 0.876. The zero-order valence-electron chi connectivity index (χ0n) is 10.4. The minimum atomic E-state index is 0.206. The summed E-state index contributed by atoms with van der Waals surface area (Å²) in [5, 5.41) is 6.71. The van der Waals surface area contributed by atoms with Crippen molar-refractivity contribution in [3.8, 4) is 0 Å². The second-order valence-electron chi connectivity index (χ2n) is 4.17. The molecule has 0 fully saturated rings. The van der Waals surface area contributed by atoms with Gasteiger partial charge in [0.05, 0.1) is 12.1 Å². The predicted octanol–water partition coefficient (Wildman–Crippen LogP) is 3.85. The molecule has 0 saturated carbocycles. The zero-order chi connectivity index (χ0) is 12.3. The van der Waals surface area contributed by atoms with E-state index in [1.807, 2.05) is 30.6 Å². The maximum Gasteiger partial charge on any atom is 0.120 e. The molecule has 2 aromatic rings. The van der Waals surface area contributed by atoms with Gasteiger partial charge in [0.1, 0.15) is 16.5 Å². The second-order valence-corrected chi connectivity index (χ2v) is 5.09. The third-order valence-corrected chi connectivity index (χ3v) is 3.69. The predicted molar refractivity (Wildman–Crippen MR) is 70.1 cm³/mol. The van der Waals surface area contributed by atoms with E-state index in [9.17, 15) is 0 Å². The molecule has 17 heavy (non-hydrogen) atoms. The molecule has 2 aromatic heterocycles. The first-order chi connectivity index (χ1) is 8.20. The molecule has 0 saturated heterocycles. The lowest BCUT2D eigenvalue weighted by Crippen LogP contribution is -2.23. The molecule has 0 radical (unpaired) electrons. The number of aromatic nitrogens is 1. The van der Waals surface area contributed by atoms with Gasteiger partial charge >= 0.3 is 0 Å². The highest BCUT2D eigenvalue weighted by molar-refractivity contribution is 7.09. The van der Waals surface area contributed by atoms with E-state index in [1.54, 1.807) is 11.3 Å². The lowest BCUT2D eigenvalue weighted by Gasteiger charge is -2.19. The average molecular weight is 250 g/mol. The SMILES string of the molecule is CCC(NC(C)c1ccc(C)o1)c1nccs1. The molecule has 92 valence electrons. The van der Waals surface area contributed by atoms with Crippen molar-refractivity contribution in [1.29, 1.82) is 0 Å². The molecule has 0 bridgehead atoms. The van der Waals surface area contributed by atoms with E-state index in [2.05, 4.69) is 24.1 Å². The first-order valence-corrected chi connectivity index (χ1v) is 6.80. The molecule has 2 heterocycles. The number of hydrogen-bond acceptors (Lipinski definition) is 4. The molecule has 0 aliphatic heterocycles. The lowest BCUT2D eigenvalue weighted by atomic mass is 10.2. The minimum Gasteiger partial charge on any atom is -0.465 e. The van der Waals surface area contributed by atoms with Crippen LogP contribution in [0.3, 0.4) is 0 Å².